The lowest BCUT2D eigenvalue weighted by atomic mass is 10.1. The van der Waals surface area contributed by atoms with Crippen LogP contribution in [0, 0.1) is 5.82 Å². The second kappa shape index (κ2) is 6.83. The number of aromatic amines is 1. The van der Waals surface area contributed by atoms with Crippen LogP contribution in [0.4, 0.5) is 4.39 Å². The number of rotatable bonds is 4. The molecule has 8 heteroatoms. The third kappa shape index (κ3) is 3.00. The Bertz CT molecular complexity index is 1340. The number of benzene rings is 1. The Morgan fingerprint density at radius 2 is 1.93 bits per heavy atom. The molecule has 5 aromatic rings. The zero-order valence-corrected chi connectivity index (χ0v) is 15.1. The van der Waals surface area contributed by atoms with E-state index in [-0.39, 0.29) is 11.7 Å². The minimum absolute atomic E-state index is 0.248. The van der Waals surface area contributed by atoms with E-state index in [1.165, 1.54) is 18.3 Å². The number of carbonyl (C=O) groups excluding carboxylic acids is 1. The first-order valence-corrected chi connectivity index (χ1v) is 8.97. The van der Waals surface area contributed by atoms with Gasteiger partial charge in [0.05, 0.1) is 29.2 Å². The van der Waals surface area contributed by atoms with Crippen molar-refractivity contribution in [3.63, 3.8) is 0 Å². The molecule has 0 aliphatic rings. The Balaban J connectivity index is 1.45. The lowest BCUT2D eigenvalue weighted by Crippen LogP contribution is -2.23. The fourth-order valence-electron chi connectivity index (χ4n) is 3.35. The van der Waals surface area contributed by atoms with Gasteiger partial charge in [-0.2, -0.15) is 5.10 Å². The summed E-state index contributed by atoms with van der Waals surface area (Å²) in [6.07, 6.45) is 8.29. The molecule has 0 radical (unpaired) electrons. The average molecular weight is 386 g/mol. The fraction of sp³-hybridized carbons (Fsp3) is 0.0476. The summed E-state index contributed by atoms with van der Waals surface area (Å²) in [4.78, 5) is 24.3. The number of aromatic nitrogens is 5. The van der Waals surface area contributed by atoms with Crippen molar-refractivity contribution >= 4 is 27.8 Å². The van der Waals surface area contributed by atoms with E-state index in [2.05, 4.69) is 25.4 Å². The van der Waals surface area contributed by atoms with Crippen molar-refractivity contribution in [2.75, 3.05) is 0 Å². The summed E-state index contributed by atoms with van der Waals surface area (Å²) in [5.74, 6) is -0.571. The summed E-state index contributed by atoms with van der Waals surface area (Å²) >= 11 is 0. The van der Waals surface area contributed by atoms with Crippen molar-refractivity contribution in [2.24, 2.45) is 0 Å². The Labute approximate surface area is 164 Å². The molecule has 29 heavy (non-hydrogen) atoms. The van der Waals surface area contributed by atoms with Crippen LogP contribution in [-0.4, -0.2) is 30.6 Å². The molecule has 1 amide bonds. The Kier molecular flexibility index (Phi) is 4.02. The molecular weight excluding hydrogens is 371 g/mol. The second-order valence-corrected chi connectivity index (χ2v) is 6.55. The molecule has 0 saturated carbocycles. The molecule has 2 N–H and O–H groups in total. The second-order valence-electron chi connectivity index (χ2n) is 6.55. The van der Waals surface area contributed by atoms with Crippen LogP contribution in [0.15, 0.2) is 67.4 Å². The van der Waals surface area contributed by atoms with E-state index in [0.717, 1.165) is 16.6 Å². The van der Waals surface area contributed by atoms with Crippen LogP contribution in [0.5, 0.6) is 0 Å². The lowest BCUT2D eigenvalue weighted by Gasteiger charge is -2.08. The molecule has 0 bridgehead atoms. The van der Waals surface area contributed by atoms with Crippen LogP contribution in [-0.2, 0) is 6.54 Å². The number of H-pyrrole nitrogens is 1. The maximum absolute atomic E-state index is 13.2. The van der Waals surface area contributed by atoms with Gasteiger partial charge in [0.15, 0.2) is 0 Å². The van der Waals surface area contributed by atoms with Crippen LogP contribution >= 0.6 is 0 Å². The van der Waals surface area contributed by atoms with Crippen LogP contribution in [0.25, 0.3) is 27.6 Å². The molecule has 0 spiro atoms. The SMILES string of the molecule is O=C(NCc1ccnc2[nH]ccc12)c1cncc2c1cnn2-c1ccc(F)cc1. The standard InChI is InChI=1S/C21H15FN6O/c22-14-1-3-15(4-2-14)28-19-12-23-10-18(17(19)11-27-28)21(29)26-9-13-5-7-24-20-16(13)6-8-25-20/h1-8,10-12H,9H2,(H,24,25)(H,26,29). The van der Waals surface area contributed by atoms with Crippen molar-refractivity contribution in [3.05, 3.63) is 84.3 Å². The van der Waals surface area contributed by atoms with Gasteiger partial charge in [0.25, 0.3) is 5.91 Å². The highest BCUT2D eigenvalue weighted by atomic mass is 19.1. The minimum Gasteiger partial charge on any atom is -0.348 e. The molecule has 0 unspecified atom stereocenters. The number of halogens is 1. The topological polar surface area (TPSA) is 88.5 Å². The Morgan fingerprint density at radius 3 is 2.79 bits per heavy atom. The molecule has 4 aromatic heterocycles. The molecule has 5 rings (SSSR count). The fourth-order valence-corrected chi connectivity index (χ4v) is 3.35. The highest BCUT2D eigenvalue weighted by Crippen LogP contribution is 2.21. The first-order valence-electron chi connectivity index (χ1n) is 8.97. The Morgan fingerprint density at radius 1 is 1.07 bits per heavy atom. The van der Waals surface area contributed by atoms with E-state index in [4.69, 9.17) is 0 Å². The van der Waals surface area contributed by atoms with Gasteiger partial charge in [-0.3, -0.25) is 9.78 Å². The maximum Gasteiger partial charge on any atom is 0.253 e. The number of nitrogens with one attached hydrogen (secondary N) is 2. The third-order valence-electron chi connectivity index (χ3n) is 4.80. The predicted octanol–water partition coefficient (Wildman–Crippen LogP) is 3.37. The normalized spacial score (nSPS) is 11.2. The van der Waals surface area contributed by atoms with Gasteiger partial charge >= 0.3 is 0 Å². The van der Waals surface area contributed by atoms with Crippen molar-refractivity contribution in [3.8, 4) is 5.69 Å². The number of pyridine rings is 2. The highest BCUT2D eigenvalue weighted by molar-refractivity contribution is 6.06. The van der Waals surface area contributed by atoms with Gasteiger partial charge in [0.1, 0.15) is 11.5 Å². The number of carbonyl (C=O) groups is 1. The molecule has 0 aliphatic heterocycles. The van der Waals surface area contributed by atoms with Gasteiger partial charge in [-0.15, -0.1) is 0 Å². The largest absolute Gasteiger partial charge is 0.348 e. The number of amides is 1. The van der Waals surface area contributed by atoms with E-state index in [9.17, 15) is 9.18 Å². The summed E-state index contributed by atoms with van der Waals surface area (Å²) in [5, 5.41) is 8.93. The molecule has 0 atom stereocenters. The van der Waals surface area contributed by atoms with E-state index < -0.39 is 0 Å². The van der Waals surface area contributed by atoms with E-state index in [0.29, 0.717) is 28.7 Å². The van der Waals surface area contributed by atoms with Gasteiger partial charge < -0.3 is 10.3 Å². The van der Waals surface area contributed by atoms with E-state index >= 15 is 0 Å². The molecule has 142 valence electrons. The van der Waals surface area contributed by atoms with Crippen molar-refractivity contribution in [1.82, 2.24) is 30.0 Å². The summed E-state index contributed by atoms with van der Waals surface area (Å²) in [7, 11) is 0. The number of fused-ring (bicyclic) bond motifs is 2. The number of hydrogen-bond acceptors (Lipinski definition) is 4. The summed E-state index contributed by atoms with van der Waals surface area (Å²) in [6, 6.07) is 9.79. The molecule has 4 heterocycles. The molecule has 0 saturated heterocycles. The summed E-state index contributed by atoms with van der Waals surface area (Å²) in [5.41, 5.74) is 3.52. The van der Waals surface area contributed by atoms with Crippen LogP contribution in [0.1, 0.15) is 15.9 Å². The molecule has 0 fully saturated rings. The summed E-state index contributed by atoms with van der Waals surface area (Å²) in [6.45, 7) is 0.359. The van der Waals surface area contributed by atoms with Crippen LogP contribution in [0.2, 0.25) is 0 Å². The average Bonchev–Trinajstić information content (AvgIpc) is 3.39. The van der Waals surface area contributed by atoms with E-state index in [1.807, 2.05) is 18.3 Å². The zero-order valence-electron chi connectivity index (χ0n) is 15.1. The Hall–Kier alpha value is -4.07. The van der Waals surface area contributed by atoms with E-state index in [1.54, 1.807) is 35.4 Å². The van der Waals surface area contributed by atoms with Gasteiger partial charge in [-0.05, 0) is 42.0 Å². The van der Waals surface area contributed by atoms with Gasteiger partial charge in [-0.25, -0.2) is 14.1 Å². The summed E-state index contributed by atoms with van der Waals surface area (Å²) < 4.78 is 14.8. The lowest BCUT2D eigenvalue weighted by molar-refractivity contribution is 0.0952. The van der Waals surface area contributed by atoms with Gasteiger partial charge in [-0.1, -0.05) is 0 Å². The van der Waals surface area contributed by atoms with Crippen LogP contribution in [0.3, 0.4) is 0 Å². The number of hydrogen-bond donors (Lipinski definition) is 2. The first-order chi connectivity index (χ1) is 14.2. The van der Waals surface area contributed by atoms with Crippen molar-refractivity contribution in [1.29, 1.82) is 0 Å². The maximum atomic E-state index is 13.2. The van der Waals surface area contributed by atoms with Gasteiger partial charge in [0, 0.05) is 35.9 Å². The smallest absolute Gasteiger partial charge is 0.253 e. The minimum atomic E-state index is -0.323. The zero-order chi connectivity index (χ0) is 19.8. The van der Waals surface area contributed by atoms with Crippen LogP contribution < -0.4 is 5.32 Å². The monoisotopic (exact) mass is 386 g/mol. The van der Waals surface area contributed by atoms with Crippen molar-refractivity contribution in [2.45, 2.75) is 6.54 Å². The third-order valence-corrected chi connectivity index (χ3v) is 4.80. The quantitative estimate of drug-likeness (QED) is 0.496. The molecule has 0 aliphatic carbocycles. The number of nitrogens with zero attached hydrogens (tertiary/aromatic N) is 4. The molecular formula is C21H15FN6O. The van der Waals surface area contributed by atoms with Gasteiger partial charge in [0.2, 0.25) is 0 Å². The molecule has 1 aromatic carbocycles. The highest BCUT2D eigenvalue weighted by Gasteiger charge is 2.15. The first kappa shape index (κ1) is 17.1. The predicted molar refractivity (Wildman–Crippen MR) is 106 cm³/mol. The molecule has 7 nitrogen and oxygen atoms in total. The van der Waals surface area contributed by atoms with Crippen molar-refractivity contribution < 1.29 is 9.18 Å².